The van der Waals surface area contributed by atoms with Gasteiger partial charge in [-0.15, -0.1) is 0 Å². The summed E-state index contributed by atoms with van der Waals surface area (Å²) < 4.78 is 11.7. The molecule has 1 spiro atoms. The fraction of sp³-hybridized carbons (Fsp3) is 0.920. The first-order valence-electron chi connectivity index (χ1n) is 12.1. The zero-order valence-electron chi connectivity index (χ0n) is 17.8. The molecular weight excluding hydrogens is 348 g/mol. The molecule has 5 fully saturated rings. The van der Waals surface area contributed by atoms with Gasteiger partial charge in [0, 0.05) is 6.42 Å². The Morgan fingerprint density at radius 3 is 2.64 bits per heavy atom. The van der Waals surface area contributed by atoms with Crippen LogP contribution >= 0.6 is 0 Å². The van der Waals surface area contributed by atoms with Crippen molar-refractivity contribution < 1.29 is 14.6 Å². The van der Waals surface area contributed by atoms with Crippen molar-refractivity contribution in [2.24, 2.45) is 34.5 Å². The molecule has 0 aromatic carbocycles. The zero-order valence-corrected chi connectivity index (χ0v) is 17.8. The Bertz CT molecular complexity index is 673. The Morgan fingerprint density at radius 1 is 1.07 bits per heavy atom. The predicted octanol–water partition coefficient (Wildman–Crippen LogP) is 4.87. The molecule has 156 valence electrons. The minimum absolute atomic E-state index is 0.0903. The predicted molar refractivity (Wildman–Crippen MR) is 109 cm³/mol. The van der Waals surface area contributed by atoms with Crippen LogP contribution in [0, 0.1) is 34.5 Å². The van der Waals surface area contributed by atoms with Gasteiger partial charge >= 0.3 is 0 Å². The third-order valence-corrected chi connectivity index (χ3v) is 10.6. The summed E-state index contributed by atoms with van der Waals surface area (Å²) in [5.74, 6) is 3.49. The highest BCUT2D eigenvalue weighted by Gasteiger charge is 2.60. The number of fused-ring (bicyclic) bond motifs is 5. The first-order valence-corrected chi connectivity index (χ1v) is 12.1. The molecule has 3 nitrogen and oxygen atoms in total. The van der Waals surface area contributed by atoms with Gasteiger partial charge in [-0.3, -0.25) is 0 Å². The largest absolute Gasteiger partial charge is 0.393 e. The summed E-state index contributed by atoms with van der Waals surface area (Å²) in [4.78, 5) is 0. The molecule has 28 heavy (non-hydrogen) atoms. The van der Waals surface area contributed by atoms with Crippen LogP contribution in [0.25, 0.3) is 0 Å². The first-order chi connectivity index (χ1) is 13.4. The van der Waals surface area contributed by atoms with E-state index in [9.17, 15) is 5.11 Å². The van der Waals surface area contributed by atoms with Gasteiger partial charge in [-0.05, 0) is 92.3 Å². The Morgan fingerprint density at radius 2 is 1.89 bits per heavy atom. The van der Waals surface area contributed by atoms with E-state index in [4.69, 9.17) is 9.47 Å². The maximum Gasteiger partial charge on any atom is 0.117 e. The lowest BCUT2D eigenvalue weighted by atomic mass is 9.47. The smallest absolute Gasteiger partial charge is 0.117 e. The van der Waals surface area contributed by atoms with Crippen molar-refractivity contribution in [3.8, 4) is 0 Å². The molecule has 7 unspecified atom stereocenters. The Kier molecular flexibility index (Phi) is 3.99. The van der Waals surface area contributed by atoms with E-state index in [2.05, 4.69) is 19.9 Å². The monoisotopic (exact) mass is 386 g/mol. The Hall–Kier alpha value is -0.380. The summed E-state index contributed by atoms with van der Waals surface area (Å²) >= 11 is 0. The quantitative estimate of drug-likeness (QED) is 0.688. The van der Waals surface area contributed by atoms with Crippen LogP contribution in [-0.2, 0) is 9.47 Å². The van der Waals surface area contributed by atoms with E-state index in [-0.39, 0.29) is 11.7 Å². The average Bonchev–Trinajstić information content (AvgIpc) is 2.93. The number of ether oxygens (including phenoxy) is 2. The number of hydrogen-bond acceptors (Lipinski definition) is 3. The number of allylic oxidation sites excluding steroid dienone is 1. The summed E-state index contributed by atoms with van der Waals surface area (Å²) in [5, 5.41) is 10.2. The highest BCUT2D eigenvalue weighted by atomic mass is 16.6. The third kappa shape index (κ3) is 2.45. The normalized spacial score (nSPS) is 54.0. The molecule has 3 heteroatoms. The van der Waals surface area contributed by atoms with E-state index in [1.807, 2.05) is 0 Å². The van der Waals surface area contributed by atoms with E-state index in [0.717, 1.165) is 49.7 Å². The number of aliphatic hydroxyl groups is 1. The van der Waals surface area contributed by atoms with Gasteiger partial charge in [0.25, 0.3) is 0 Å². The van der Waals surface area contributed by atoms with Gasteiger partial charge in [0.15, 0.2) is 0 Å². The van der Waals surface area contributed by atoms with E-state index >= 15 is 0 Å². The molecule has 0 radical (unpaired) electrons. The second kappa shape index (κ2) is 6.08. The van der Waals surface area contributed by atoms with Crippen LogP contribution in [0.1, 0.15) is 78.1 Å². The third-order valence-electron chi connectivity index (χ3n) is 10.6. The van der Waals surface area contributed by atoms with Gasteiger partial charge in [0.2, 0.25) is 0 Å². The topological polar surface area (TPSA) is 38.7 Å². The average molecular weight is 387 g/mol. The molecule has 2 saturated heterocycles. The molecule has 0 amide bonds. The lowest BCUT2D eigenvalue weighted by molar-refractivity contribution is -0.312. The molecule has 2 heterocycles. The van der Waals surface area contributed by atoms with Crippen LogP contribution in [0.2, 0.25) is 0 Å². The highest BCUT2D eigenvalue weighted by Crippen LogP contribution is 2.67. The summed E-state index contributed by atoms with van der Waals surface area (Å²) in [6.45, 7) is 6.84. The van der Waals surface area contributed by atoms with Gasteiger partial charge in [0.1, 0.15) is 5.60 Å². The van der Waals surface area contributed by atoms with E-state index in [0.29, 0.717) is 16.9 Å². The molecule has 8 atom stereocenters. The second-order valence-corrected chi connectivity index (χ2v) is 11.8. The van der Waals surface area contributed by atoms with Crippen molar-refractivity contribution in [2.75, 3.05) is 13.2 Å². The molecule has 6 rings (SSSR count). The second-order valence-electron chi connectivity index (χ2n) is 11.8. The lowest BCUT2D eigenvalue weighted by Crippen LogP contribution is -2.63. The minimum Gasteiger partial charge on any atom is -0.393 e. The molecule has 0 bridgehead atoms. The maximum absolute atomic E-state index is 10.2. The van der Waals surface area contributed by atoms with E-state index in [1.165, 1.54) is 51.4 Å². The highest BCUT2D eigenvalue weighted by molar-refractivity contribution is 5.25. The minimum atomic E-state index is -0.0903. The van der Waals surface area contributed by atoms with Crippen molar-refractivity contribution in [1.82, 2.24) is 0 Å². The molecule has 4 aliphatic carbocycles. The molecule has 1 N–H and O–H groups in total. The molecule has 0 aromatic rings. The van der Waals surface area contributed by atoms with Crippen molar-refractivity contribution in [1.29, 1.82) is 0 Å². The molecule has 2 aliphatic heterocycles. The summed E-state index contributed by atoms with van der Waals surface area (Å²) in [7, 11) is 0. The summed E-state index contributed by atoms with van der Waals surface area (Å²) in [6.07, 6.45) is 15.6. The van der Waals surface area contributed by atoms with E-state index < -0.39 is 0 Å². The van der Waals surface area contributed by atoms with E-state index in [1.54, 1.807) is 5.57 Å². The molecule has 3 saturated carbocycles. The summed E-state index contributed by atoms with van der Waals surface area (Å²) in [6, 6.07) is 0. The van der Waals surface area contributed by atoms with Gasteiger partial charge in [-0.1, -0.05) is 25.5 Å². The molecular formula is C25H38O3. The number of rotatable bonds is 2. The van der Waals surface area contributed by atoms with Crippen LogP contribution < -0.4 is 0 Å². The van der Waals surface area contributed by atoms with Gasteiger partial charge in [-0.25, -0.2) is 0 Å². The SMILES string of the molecule is CC12CCC(O)CC1=CCC1C2CCC2(C)C1CC[C@@H]2CC1CC2(COC2)O1. The standard InChI is InChI=1S/C25H38O3/c1-23-9-7-18(26)11-16(23)3-5-20-21-6-4-17(24(21,2)10-8-22(20)23)12-19-13-25(28-19)14-27-15-25/h3,17-22,26H,4-15H2,1-2H3/t17-,18?,19?,20?,21?,22?,23?,24?/m1/s1. The van der Waals surface area contributed by atoms with Gasteiger partial charge in [0.05, 0.1) is 25.4 Å². The Labute approximate surface area is 170 Å². The lowest BCUT2D eigenvalue weighted by Gasteiger charge is -2.59. The van der Waals surface area contributed by atoms with Crippen LogP contribution in [-0.4, -0.2) is 36.1 Å². The zero-order chi connectivity index (χ0) is 19.1. The number of hydrogen-bond donors (Lipinski definition) is 1. The number of aliphatic hydroxyl groups excluding tert-OH is 1. The van der Waals surface area contributed by atoms with Crippen LogP contribution in [0.15, 0.2) is 11.6 Å². The maximum atomic E-state index is 10.2. The van der Waals surface area contributed by atoms with Crippen molar-refractivity contribution in [3.05, 3.63) is 11.6 Å². The van der Waals surface area contributed by atoms with Gasteiger partial charge < -0.3 is 14.6 Å². The van der Waals surface area contributed by atoms with Crippen molar-refractivity contribution >= 4 is 0 Å². The fourth-order valence-electron chi connectivity index (χ4n) is 8.86. The van der Waals surface area contributed by atoms with Crippen LogP contribution in [0.3, 0.4) is 0 Å². The van der Waals surface area contributed by atoms with Crippen LogP contribution in [0.4, 0.5) is 0 Å². The Balaban J connectivity index is 1.19. The van der Waals surface area contributed by atoms with Gasteiger partial charge in [-0.2, -0.15) is 0 Å². The van der Waals surface area contributed by atoms with Crippen molar-refractivity contribution in [3.63, 3.8) is 0 Å². The fourth-order valence-corrected chi connectivity index (χ4v) is 8.86. The van der Waals surface area contributed by atoms with Crippen molar-refractivity contribution in [2.45, 2.75) is 95.9 Å². The first kappa shape index (κ1) is 18.4. The molecule has 6 aliphatic rings. The summed E-state index contributed by atoms with van der Waals surface area (Å²) in [5.41, 5.74) is 2.63. The molecule has 0 aromatic heterocycles. The van der Waals surface area contributed by atoms with Crippen LogP contribution in [0.5, 0.6) is 0 Å².